The third-order valence-corrected chi connectivity index (χ3v) is 5.11. The first-order chi connectivity index (χ1) is 10.5. The Morgan fingerprint density at radius 2 is 1.83 bits per heavy atom. The van der Waals surface area contributed by atoms with Gasteiger partial charge in [0.1, 0.15) is 6.04 Å². The molecule has 1 amide bonds. The number of fused-ring (bicyclic) bond motifs is 2. The normalized spacial score (nSPS) is 28.4. The van der Waals surface area contributed by atoms with Gasteiger partial charge < -0.3 is 15.4 Å². The van der Waals surface area contributed by atoms with Crippen molar-refractivity contribution in [1.29, 1.82) is 0 Å². The molecule has 0 aliphatic carbocycles. The molecule has 0 radical (unpaired) electrons. The number of carbonyl (C=O) groups is 2. The first-order valence-corrected chi connectivity index (χ1v) is 8.75. The van der Waals surface area contributed by atoms with Gasteiger partial charge in [-0.25, -0.2) is 4.79 Å². The van der Waals surface area contributed by atoms with Crippen molar-refractivity contribution in [2.24, 2.45) is 11.8 Å². The van der Waals surface area contributed by atoms with Crippen LogP contribution < -0.4 is 10.6 Å². The Morgan fingerprint density at radius 3 is 2.35 bits per heavy atom. The van der Waals surface area contributed by atoms with Gasteiger partial charge in [0.25, 0.3) is 0 Å². The molecule has 0 saturated carbocycles. The third kappa shape index (κ3) is 5.64. The highest BCUT2D eigenvalue weighted by Gasteiger charge is 2.35. The van der Waals surface area contributed by atoms with Crippen LogP contribution in [0.1, 0.15) is 59.3 Å². The number of hydrogen-bond donors (Lipinski definition) is 2. The molecule has 2 N–H and O–H groups in total. The number of ether oxygens (including phenoxy) is 1. The first kappa shape index (κ1) is 20.2. The fraction of sp³-hybridized carbons (Fsp3) is 0.882. The van der Waals surface area contributed by atoms with Gasteiger partial charge in [-0.2, -0.15) is 0 Å². The van der Waals surface area contributed by atoms with E-state index < -0.39 is 6.04 Å². The lowest BCUT2D eigenvalue weighted by Crippen LogP contribution is -2.47. The lowest BCUT2D eigenvalue weighted by atomic mass is 9.89. The maximum atomic E-state index is 12.3. The van der Waals surface area contributed by atoms with Crippen LogP contribution in [0, 0.1) is 11.8 Å². The average Bonchev–Trinajstić information content (AvgIpc) is 2.83. The summed E-state index contributed by atoms with van der Waals surface area (Å²) >= 11 is 0. The molecule has 5 nitrogen and oxygen atoms in total. The zero-order valence-corrected chi connectivity index (χ0v) is 15.3. The van der Waals surface area contributed by atoms with Crippen LogP contribution in [0.4, 0.5) is 0 Å². The number of halogens is 1. The minimum absolute atomic E-state index is 0. The van der Waals surface area contributed by atoms with E-state index in [9.17, 15) is 9.59 Å². The van der Waals surface area contributed by atoms with Crippen molar-refractivity contribution < 1.29 is 14.3 Å². The van der Waals surface area contributed by atoms with Crippen molar-refractivity contribution in [2.45, 2.75) is 77.4 Å². The molecule has 23 heavy (non-hydrogen) atoms. The number of esters is 1. The van der Waals surface area contributed by atoms with Gasteiger partial charge in [0.15, 0.2) is 0 Å². The second-order valence-corrected chi connectivity index (χ2v) is 6.86. The summed E-state index contributed by atoms with van der Waals surface area (Å²) in [5.41, 5.74) is 0. The second kappa shape index (κ2) is 9.48. The lowest BCUT2D eigenvalue weighted by molar-refractivity contribution is -0.149. The molecular weight excluding hydrogens is 316 g/mol. The largest absolute Gasteiger partial charge is 0.464 e. The van der Waals surface area contributed by atoms with Crippen LogP contribution in [0.5, 0.6) is 0 Å². The summed E-state index contributed by atoms with van der Waals surface area (Å²) in [5.74, 6) is 0.214. The van der Waals surface area contributed by atoms with E-state index in [2.05, 4.69) is 10.6 Å². The fourth-order valence-corrected chi connectivity index (χ4v) is 3.74. The quantitative estimate of drug-likeness (QED) is 0.695. The van der Waals surface area contributed by atoms with Gasteiger partial charge in [-0.1, -0.05) is 20.3 Å². The summed E-state index contributed by atoms with van der Waals surface area (Å²) in [5, 5.41) is 6.51. The molecule has 2 heterocycles. The Bertz CT molecular complexity index is 393. The van der Waals surface area contributed by atoms with E-state index in [1.807, 2.05) is 13.8 Å². The van der Waals surface area contributed by atoms with Gasteiger partial charge >= 0.3 is 5.97 Å². The maximum Gasteiger partial charge on any atom is 0.328 e. The highest BCUT2D eigenvalue weighted by atomic mass is 35.5. The van der Waals surface area contributed by atoms with Gasteiger partial charge in [0, 0.05) is 18.5 Å². The zero-order valence-electron chi connectivity index (χ0n) is 14.5. The standard InChI is InChI=1S/C17H30N2O3.ClH/c1-4-11(3)16(17(21)22-5-2)19-15(20)10-12-8-13-6-7-14(9-12)18-13;/h11-14,16,18H,4-10H2,1-3H3,(H,19,20);1H. The van der Waals surface area contributed by atoms with Crippen LogP contribution in [-0.2, 0) is 14.3 Å². The van der Waals surface area contributed by atoms with Crippen molar-refractivity contribution in [3.63, 3.8) is 0 Å². The molecule has 4 unspecified atom stereocenters. The molecule has 134 valence electrons. The van der Waals surface area contributed by atoms with E-state index in [4.69, 9.17) is 4.74 Å². The number of rotatable bonds is 7. The summed E-state index contributed by atoms with van der Waals surface area (Å²) < 4.78 is 5.10. The molecule has 4 atom stereocenters. The van der Waals surface area contributed by atoms with Crippen LogP contribution >= 0.6 is 12.4 Å². The predicted molar refractivity (Wildman–Crippen MR) is 92.6 cm³/mol. The molecule has 2 rings (SSSR count). The van der Waals surface area contributed by atoms with Crippen LogP contribution in [0.2, 0.25) is 0 Å². The average molecular weight is 347 g/mol. The smallest absolute Gasteiger partial charge is 0.328 e. The van der Waals surface area contributed by atoms with Crippen molar-refractivity contribution in [3.05, 3.63) is 0 Å². The Morgan fingerprint density at radius 1 is 1.22 bits per heavy atom. The van der Waals surface area contributed by atoms with E-state index >= 15 is 0 Å². The Kier molecular flexibility index (Phi) is 8.34. The highest BCUT2D eigenvalue weighted by Crippen LogP contribution is 2.32. The molecule has 6 heteroatoms. The van der Waals surface area contributed by atoms with E-state index in [1.54, 1.807) is 6.92 Å². The first-order valence-electron chi connectivity index (χ1n) is 8.75. The summed E-state index contributed by atoms with van der Waals surface area (Å²) in [4.78, 5) is 24.4. The van der Waals surface area contributed by atoms with Gasteiger partial charge in [-0.3, -0.25) is 4.79 Å². The van der Waals surface area contributed by atoms with E-state index in [1.165, 1.54) is 12.8 Å². The number of carbonyl (C=O) groups excluding carboxylic acids is 2. The maximum absolute atomic E-state index is 12.3. The minimum Gasteiger partial charge on any atom is -0.464 e. The molecule has 0 aromatic carbocycles. The van der Waals surface area contributed by atoms with Crippen LogP contribution in [-0.4, -0.2) is 36.6 Å². The van der Waals surface area contributed by atoms with Gasteiger partial charge in [0.2, 0.25) is 5.91 Å². The minimum atomic E-state index is -0.518. The summed E-state index contributed by atoms with van der Waals surface area (Å²) in [6, 6.07) is 0.662. The molecule has 2 fully saturated rings. The van der Waals surface area contributed by atoms with Crippen molar-refractivity contribution in [3.8, 4) is 0 Å². The Labute approximate surface area is 145 Å². The molecule has 0 aromatic heterocycles. The second-order valence-electron chi connectivity index (χ2n) is 6.86. The Hall–Kier alpha value is -0.810. The number of piperidine rings is 1. The topological polar surface area (TPSA) is 67.4 Å². The van der Waals surface area contributed by atoms with Gasteiger partial charge in [-0.05, 0) is 44.4 Å². The number of amides is 1. The number of nitrogens with one attached hydrogen (secondary N) is 2. The fourth-order valence-electron chi connectivity index (χ4n) is 3.74. The molecule has 2 aliphatic rings. The third-order valence-electron chi connectivity index (χ3n) is 5.11. The van der Waals surface area contributed by atoms with E-state index in [-0.39, 0.29) is 30.2 Å². The van der Waals surface area contributed by atoms with Gasteiger partial charge in [0.05, 0.1) is 6.61 Å². The van der Waals surface area contributed by atoms with E-state index in [0.29, 0.717) is 31.0 Å². The summed E-state index contributed by atoms with van der Waals surface area (Å²) in [6.45, 7) is 6.14. The zero-order chi connectivity index (χ0) is 16.1. The molecule has 2 bridgehead atoms. The molecular formula is C17H31ClN2O3. The van der Waals surface area contributed by atoms with Crippen LogP contribution in [0.15, 0.2) is 0 Å². The van der Waals surface area contributed by atoms with Crippen molar-refractivity contribution in [1.82, 2.24) is 10.6 Å². The predicted octanol–water partition coefficient (Wildman–Crippen LogP) is 2.42. The highest BCUT2D eigenvalue weighted by molar-refractivity contribution is 5.85. The molecule has 0 spiro atoms. The van der Waals surface area contributed by atoms with Crippen molar-refractivity contribution in [2.75, 3.05) is 6.61 Å². The molecule has 0 aromatic rings. The van der Waals surface area contributed by atoms with E-state index in [0.717, 1.165) is 19.3 Å². The SMILES string of the molecule is CCOC(=O)C(NC(=O)CC1CC2CCC(C1)N2)C(C)CC.Cl. The lowest BCUT2D eigenvalue weighted by Gasteiger charge is -2.29. The van der Waals surface area contributed by atoms with Gasteiger partial charge in [-0.15, -0.1) is 12.4 Å². The Balaban J connectivity index is 0.00000264. The summed E-state index contributed by atoms with van der Waals surface area (Å²) in [7, 11) is 0. The summed E-state index contributed by atoms with van der Waals surface area (Å²) in [6.07, 6.45) is 6.00. The van der Waals surface area contributed by atoms with Crippen molar-refractivity contribution >= 4 is 24.3 Å². The van der Waals surface area contributed by atoms with Crippen LogP contribution in [0.3, 0.4) is 0 Å². The molecule has 2 saturated heterocycles. The monoisotopic (exact) mass is 346 g/mol. The molecule has 2 aliphatic heterocycles. The van der Waals surface area contributed by atoms with Crippen LogP contribution in [0.25, 0.3) is 0 Å². The number of hydrogen-bond acceptors (Lipinski definition) is 4.